The molecule has 0 radical (unpaired) electrons. The van der Waals surface area contributed by atoms with E-state index in [0.29, 0.717) is 6.61 Å². The minimum Gasteiger partial charge on any atom is -0.497 e. The topological polar surface area (TPSA) is 48.3 Å². The number of anilines is 1. The summed E-state index contributed by atoms with van der Waals surface area (Å²) in [7, 11) is 3.38. The molecule has 5 nitrogen and oxygen atoms in total. The minimum absolute atomic E-state index is 0.159. The van der Waals surface area contributed by atoms with Crippen LogP contribution in [-0.2, 0) is 4.74 Å². The summed E-state index contributed by atoms with van der Waals surface area (Å²) in [6, 6.07) is 8.45. The largest absolute Gasteiger partial charge is 0.497 e. The van der Waals surface area contributed by atoms with Gasteiger partial charge in [-0.3, -0.25) is 0 Å². The molecule has 2 rings (SSSR count). The highest BCUT2D eigenvalue weighted by Crippen LogP contribution is 2.22. The van der Waals surface area contributed by atoms with Crippen molar-refractivity contribution in [2.24, 2.45) is 0 Å². The number of imidazole rings is 1. The van der Waals surface area contributed by atoms with Crippen molar-refractivity contribution in [1.82, 2.24) is 9.55 Å². The quantitative estimate of drug-likeness (QED) is 0.850. The van der Waals surface area contributed by atoms with Crippen LogP contribution in [0.3, 0.4) is 0 Å². The molecular formula is C16H23N3O2. The molecule has 0 fully saturated rings. The third-order valence-electron chi connectivity index (χ3n) is 3.51. The van der Waals surface area contributed by atoms with Gasteiger partial charge in [0.1, 0.15) is 5.75 Å². The first-order valence-electron chi connectivity index (χ1n) is 7.08. The fourth-order valence-corrected chi connectivity index (χ4v) is 2.27. The molecule has 0 spiro atoms. The van der Waals surface area contributed by atoms with Crippen molar-refractivity contribution in [3.8, 4) is 5.75 Å². The summed E-state index contributed by atoms with van der Waals surface area (Å²) in [5.74, 6) is 1.71. The average molecular weight is 289 g/mol. The molecule has 1 N–H and O–H groups in total. The predicted molar refractivity (Wildman–Crippen MR) is 83.8 cm³/mol. The summed E-state index contributed by atoms with van der Waals surface area (Å²) >= 11 is 0. The van der Waals surface area contributed by atoms with Crippen molar-refractivity contribution < 1.29 is 9.47 Å². The number of hydrogen-bond donors (Lipinski definition) is 1. The summed E-state index contributed by atoms with van der Waals surface area (Å²) in [6.45, 7) is 4.87. The van der Waals surface area contributed by atoms with E-state index in [1.807, 2.05) is 18.3 Å². The zero-order valence-electron chi connectivity index (χ0n) is 13.0. The second-order valence-electron chi connectivity index (χ2n) is 5.10. The van der Waals surface area contributed by atoms with Gasteiger partial charge in [0.2, 0.25) is 5.95 Å². The number of rotatable bonds is 7. The number of aromatic nitrogens is 2. The van der Waals surface area contributed by atoms with Crippen LogP contribution >= 0.6 is 0 Å². The summed E-state index contributed by atoms with van der Waals surface area (Å²) in [5.41, 5.74) is 1.18. The van der Waals surface area contributed by atoms with Crippen molar-refractivity contribution in [2.75, 3.05) is 26.1 Å². The van der Waals surface area contributed by atoms with Crippen molar-refractivity contribution in [1.29, 1.82) is 0 Å². The van der Waals surface area contributed by atoms with E-state index in [0.717, 1.165) is 11.7 Å². The fraction of sp³-hybridized carbons (Fsp3) is 0.438. The average Bonchev–Trinajstić information content (AvgIpc) is 2.95. The number of methoxy groups -OCH3 is 2. The smallest absolute Gasteiger partial charge is 0.203 e. The van der Waals surface area contributed by atoms with Crippen molar-refractivity contribution in [3.05, 3.63) is 42.2 Å². The Bertz CT molecular complexity index is 551. The Kier molecular flexibility index (Phi) is 5.22. The fourth-order valence-electron chi connectivity index (χ4n) is 2.27. The zero-order chi connectivity index (χ0) is 15.2. The second-order valence-corrected chi connectivity index (χ2v) is 5.10. The molecule has 0 saturated carbocycles. The molecule has 0 aliphatic carbocycles. The maximum absolute atomic E-state index is 5.21. The molecule has 5 heteroatoms. The van der Waals surface area contributed by atoms with Crippen molar-refractivity contribution >= 4 is 5.95 Å². The van der Waals surface area contributed by atoms with Crippen LogP contribution in [0.5, 0.6) is 5.75 Å². The van der Waals surface area contributed by atoms with E-state index in [1.54, 1.807) is 20.4 Å². The van der Waals surface area contributed by atoms with Crippen LogP contribution < -0.4 is 10.1 Å². The third kappa shape index (κ3) is 3.76. The lowest BCUT2D eigenvalue weighted by atomic mass is 10.1. The Morgan fingerprint density at radius 1 is 1.19 bits per heavy atom. The normalized spacial score (nSPS) is 13.7. The molecule has 21 heavy (non-hydrogen) atoms. The Morgan fingerprint density at radius 3 is 2.52 bits per heavy atom. The first kappa shape index (κ1) is 15.4. The molecule has 0 saturated heterocycles. The molecule has 114 valence electrons. The van der Waals surface area contributed by atoms with Gasteiger partial charge in [-0.25, -0.2) is 4.98 Å². The first-order chi connectivity index (χ1) is 10.2. The maximum Gasteiger partial charge on any atom is 0.203 e. The van der Waals surface area contributed by atoms with Crippen LogP contribution in [0.4, 0.5) is 5.95 Å². The van der Waals surface area contributed by atoms with Gasteiger partial charge in [0, 0.05) is 19.5 Å². The predicted octanol–water partition coefficient (Wildman–Crippen LogP) is 3.27. The SMILES string of the molecule is COCC(C)n1ccnc1NC(C)c1ccc(OC)cc1. The summed E-state index contributed by atoms with van der Waals surface area (Å²) in [5, 5.41) is 3.44. The molecule has 2 atom stereocenters. The van der Waals surface area contributed by atoms with Gasteiger partial charge in [-0.2, -0.15) is 0 Å². The van der Waals surface area contributed by atoms with E-state index < -0.39 is 0 Å². The van der Waals surface area contributed by atoms with Gasteiger partial charge in [-0.05, 0) is 31.5 Å². The van der Waals surface area contributed by atoms with Gasteiger partial charge in [0.25, 0.3) is 0 Å². The van der Waals surface area contributed by atoms with Gasteiger partial charge < -0.3 is 19.4 Å². The van der Waals surface area contributed by atoms with Crippen LogP contribution in [0, 0.1) is 0 Å². The Hall–Kier alpha value is -2.01. The van der Waals surface area contributed by atoms with Gasteiger partial charge in [0.05, 0.1) is 25.8 Å². The molecule has 1 heterocycles. The summed E-state index contributed by atoms with van der Waals surface area (Å²) < 4.78 is 12.5. The van der Waals surface area contributed by atoms with E-state index in [2.05, 4.69) is 40.8 Å². The molecule has 0 bridgehead atoms. The number of benzene rings is 1. The van der Waals surface area contributed by atoms with E-state index >= 15 is 0 Å². The number of nitrogens with zero attached hydrogens (tertiary/aromatic N) is 2. The van der Waals surface area contributed by atoms with Crippen molar-refractivity contribution in [2.45, 2.75) is 25.9 Å². The molecule has 0 amide bonds. The summed E-state index contributed by atoms with van der Waals surface area (Å²) in [6.07, 6.45) is 3.77. The minimum atomic E-state index is 0.159. The molecule has 2 unspecified atom stereocenters. The van der Waals surface area contributed by atoms with Crippen LogP contribution in [0.2, 0.25) is 0 Å². The highest BCUT2D eigenvalue weighted by Gasteiger charge is 2.13. The molecule has 2 aromatic rings. The number of hydrogen-bond acceptors (Lipinski definition) is 4. The Labute approximate surface area is 125 Å². The molecule has 0 aliphatic rings. The first-order valence-corrected chi connectivity index (χ1v) is 7.08. The highest BCUT2D eigenvalue weighted by molar-refractivity contribution is 5.35. The lowest BCUT2D eigenvalue weighted by Crippen LogP contribution is -2.16. The monoisotopic (exact) mass is 289 g/mol. The van der Waals surface area contributed by atoms with Gasteiger partial charge in [0.15, 0.2) is 0 Å². The molecule has 1 aromatic heterocycles. The van der Waals surface area contributed by atoms with E-state index in [1.165, 1.54) is 5.56 Å². The standard InChI is InChI=1S/C16H23N3O2/c1-12(11-20-3)19-10-9-17-16(19)18-13(2)14-5-7-15(21-4)8-6-14/h5-10,12-13H,11H2,1-4H3,(H,17,18). The van der Waals surface area contributed by atoms with E-state index in [9.17, 15) is 0 Å². The molecule has 1 aromatic carbocycles. The van der Waals surface area contributed by atoms with Crippen LogP contribution in [0.1, 0.15) is 31.5 Å². The lowest BCUT2D eigenvalue weighted by Gasteiger charge is -2.20. The second kappa shape index (κ2) is 7.13. The van der Waals surface area contributed by atoms with Gasteiger partial charge in [-0.1, -0.05) is 12.1 Å². The highest BCUT2D eigenvalue weighted by atomic mass is 16.5. The number of ether oxygens (including phenoxy) is 2. The summed E-state index contributed by atoms with van der Waals surface area (Å²) in [4.78, 5) is 4.39. The zero-order valence-corrected chi connectivity index (χ0v) is 13.0. The number of nitrogens with one attached hydrogen (secondary N) is 1. The Morgan fingerprint density at radius 2 is 1.90 bits per heavy atom. The van der Waals surface area contributed by atoms with E-state index in [-0.39, 0.29) is 12.1 Å². The van der Waals surface area contributed by atoms with Crippen LogP contribution in [0.25, 0.3) is 0 Å². The van der Waals surface area contributed by atoms with Crippen LogP contribution in [0.15, 0.2) is 36.7 Å². The maximum atomic E-state index is 5.21. The molecule has 0 aliphatic heterocycles. The third-order valence-corrected chi connectivity index (χ3v) is 3.51. The lowest BCUT2D eigenvalue weighted by molar-refractivity contribution is 0.163. The molecular weight excluding hydrogens is 266 g/mol. The van der Waals surface area contributed by atoms with Gasteiger partial charge >= 0.3 is 0 Å². The van der Waals surface area contributed by atoms with Gasteiger partial charge in [-0.15, -0.1) is 0 Å². The van der Waals surface area contributed by atoms with E-state index in [4.69, 9.17) is 9.47 Å². The van der Waals surface area contributed by atoms with Crippen molar-refractivity contribution in [3.63, 3.8) is 0 Å². The van der Waals surface area contributed by atoms with Crippen LogP contribution in [-0.4, -0.2) is 30.4 Å². The Balaban J connectivity index is 2.08.